The fraction of sp³-hybridized carbons (Fsp3) is 0.368. The van der Waals surface area contributed by atoms with Crippen molar-refractivity contribution in [3.8, 4) is 0 Å². The highest BCUT2D eigenvalue weighted by atomic mass is 16.5. The summed E-state index contributed by atoms with van der Waals surface area (Å²) in [6.07, 6.45) is 8.40. The van der Waals surface area contributed by atoms with Crippen LogP contribution >= 0.6 is 0 Å². The van der Waals surface area contributed by atoms with Crippen molar-refractivity contribution < 1.29 is 9.53 Å². The van der Waals surface area contributed by atoms with Crippen molar-refractivity contribution in [3.63, 3.8) is 0 Å². The predicted octanol–water partition coefficient (Wildman–Crippen LogP) is 2.35. The van der Waals surface area contributed by atoms with Crippen LogP contribution in [-0.4, -0.2) is 46.0 Å². The van der Waals surface area contributed by atoms with Gasteiger partial charge in [-0.3, -0.25) is 4.68 Å². The summed E-state index contributed by atoms with van der Waals surface area (Å²) in [4.78, 5) is 14.5. The average molecular weight is 336 g/mol. The highest BCUT2D eigenvalue weighted by Gasteiger charge is 2.51. The van der Waals surface area contributed by atoms with Crippen LogP contribution in [0.5, 0.6) is 0 Å². The van der Waals surface area contributed by atoms with Gasteiger partial charge in [0.15, 0.2) is 0 Å². The lowest BCUT2D eigenvalue weighted by Gasteiger charge is -2.19. The maximum absolute atomic E-state index is 12.6. The van der Waals surface area contributed by atoms with E-state index >= 15 is 0 Å². The first-order valence-electron chi connectivity index (χ1n) is 8.72. The van der Waals surface area contributed by atoms with E-state index in [0.29, 0.717) is 11.8 Å². The summed E-state index contributed by atoms with van der Waals surface area (Å²) < 4.78 is 7.74. The highest BCUT2D eigenvalue weighted by molar-refractivity contribution is 5.89. The van der Waals surface area contributed by atoms with Crippen LogP contribution in [-0.2, 0) is 11.3 Å². The normalized spacial score (nSPS) is 29.2. The molecule has 0 aliphatic carbocycles. The number of amides is 2. The number of nitrogens with one attached hydrogen (secondary N) is 1. The van der Waals surface area contributed by atoms with E-state index in [1.54, 1.807) is 6.20 Å². The van der Waals surface area contributed by atoms with Crippen molar-refractivity contribution in [2.24, 2.45) is 11.8 Å². The lowest BCUT2D eigenvalue weighted by molar-refractivity contribution is 0.0892. The maximum atomic E-state index is 12.6. The van der Waals surface area contributed by atoms with Gasteiger partial charge in [-0.25, -0.2) is 4.79 Å². The molecule has 5 rings (SSSR count). The summed E-state index contributed by atoms with van der Waals surface area (Å²) in [7, 11) is 0. The molecule has 2 saturated heterocycles. The first-order chi connectivity index (χ1) is 12.3. The van der Waals surface area contributed by atoms with Gasteiger partial charge in [-0.15, -0.1) is 0 Å². The molecule has 2 aromatic rings. The zero-order chi connectivity index (χ0) is 16.8. The number of fused-ring (bicyclic) bond motifs is 5. The van der Waals surface area contributed by atoms with Crippen molar-refractivity contribution in [2.45, 2.75) is 18.8 Å². The largest absolute Gasteiger partial charge is 0.366 e. The Balaban J connectivity index is 1.20. The zero-order valence-corrected chi connectivity index (χ0v) is 13.8. The number of carbonyl (C=O) groups excluding carboxylic acids is 1. The highest BCUT2D eigenvalue weighted by Crippen LogP contribution is 2.43. The van der Waals surface area contributed by atoms with Gasteiger partial charge in [0.2, 0.25) is 0 Å². The third kappa shape index (κ3) is 2.62. The average Bonchev–Trinajstić information content (AvgIpc) is 3.39. The Bertz CT molecular complexity index is 779. The molecule has 4 atom stereocenters. The van der Waals surface area contributed by atoms with Crippen LogP contribution in [0, 0.1) is 11.8 Å². The second kappa shape index (κ2) is 5.74. The van der Waals surface area contributed by atoms with E-state index in [1.165, 1.54) is 0 Å². The topological polar surface area (TPSA) is 59.4 Å². The number of rotatable bonds is 3. The van der Waals surface area contributed by atoms with Crippen LogP contribution < -0.4 is 5.32 Å². The number of aromatic nitrogens is 2. The van der Waals surface area contributed by atoms with Crippen LogP contribution in [0.25, 0.3) is 0 Å². The molecular formula is C19H20N4O2. The quantitative estimate of drug-likeness (QED) is 0.876. The van der Waals surface area contributed by atoms with E-state index in [-0.39, 0.29) is 18.2 Å². The van der Waals surface area contributed by atoms with Gasteiger partial charge in [0.1, 0.15) is 0 Å². The second-order valence-corrected chi connectivity index (χ2v) is 7.01. The molecule has 6 heteroatoms. The summed E-state index contributed by atoms with van der Waals surface area (Å²) in [5.41, 5.74) is 1.97. The van der Waals surface area contributed by atoms with Gasteiger partial charge < -0.3 is 15.0 Å². The van der Waals surface area contributed by atoms with Crippen LogP contribution in [0.1, 0.15) is 5.56 Å². The van der Waals surface area contributed by atoms with Gasteiger partial charge in [0, 0.05) is 43.0 Å². The summed E-state index contributed by atoms with van der Waals surface area (Å²) in [6, 6.07) is 9.83. The summed E-state index contributed by atoms with van der Waals surface area (Å²) in [5, 5.41) is 7.22. The van der Waals surface area contributed by atoms with E-state index in [1.807, 2.05) is 46.1 Å². The van der Waals surface area contributed by atoms with E-state index in [4.69, 9.17) is 4.74 Å². The number of hydrogen-bond donors (Lipinski definition) is 1. The number of ether oxygens (including phenoxy) is 1. The molecule has 1 aromatic carbocycles. The van der Waals surface area contributed by atoms with Crippen LogP contribution in [0.15, 0.2) is 54.9 Å². The Morgan fingerprint density at radius 1 is 1.16 bits per heavy atom. The lowest BCUT2D eigenvalue weighted by atomic mass is 9.86. The van der Waals surface area contributed by atoms with Crippen LogP contribution in [0.4, 0.5) is 10.5 Å². The molecule has 128 valence electrons. The van der Waals surface area contributed by atoms with E-state index < -0.39 is 0 Å². The molecule has 25 heavy (non-hydrogen) atoms. The van der Waals surface area contributed by atoms with Crippen molar-refractivity contribution in [1.29, 1.82) is 0 Å². The Labute approximate surface area is 146 Å². The number of nitrogens with zero attached hydrogens (tertiary/aromatic N) is 3. The summed E-state index contributed by atoms with van der Waals surface area (Å²) in [6.45, 7) is 2.28. The number of hydrogen-bond acceptors (Lipinski definition) is 3. The molecule has 2 bridgehead atoms. The fourth-order valence-electron chi connectivity index (χ4n) is 4.17. The maximum Gasteiger partial charge on any atom is 0.321 e. The van der Waals surface area contributed by atoms with Crippen molar-refractivity contribution in [1.82, 2.24) is 14.7 Å². The molecule has 1 N–H and O–H groups in total. The SMILES string of the molecule is O=C(Nc1ccc(Cn2cccn2)cc1)N1C[C@H]2[C@H](C1)[C@H]1C=C[C@H]2O1. The second-order valence-electron chi connectivity index (χ2n) is 7.01. The van der Waals surface area contributed by atoms with Gasteiger partial charge in [-0.2, -0.15) is 5.10 Å². The summed E-state index contributed by atoms with van der Waals surface area (Å²) >= 11 is 0. The molecule has 3 aliphatic heterocycles. The number of anilines is 1. The molecular weight excluding hydrogens is 316 g/mol. The molecule has 2 fully saturated rings. The Hall–Kier alpha value is -2.60. The third-order valence-electron chi connectivity index (χ3n) is 5.46. The smallest absolute Gasteiger partial charge is 0.321 e. The van der Waals surface area contributed by atoms with Gasteiger partial charge in [-0.05, 0) is 23.8 Å². The number of urea groups is 1. The molecule has 4 heterocycles. The minimum atomic E-state index is -0.0198. The Morgan fingerprint density at radius 2 is 1.88 bits per heavy atom. The van der Waals surface area contributed by atoms with Gasteiger partial charge in [0.05, 0.1) is 18.8 Å². The minimum Gasteiger partial charge on any atom is -0.366 e. The van der Waals surface area contributed by atoms with Gasteiger partial charge in [0.25, 0.3) is 0 Å². The standard InChI is InChI=1S/C19H20N4O2/c24-19(22-11-15-16(12-22)18-7-6-17(15)25-18)21-14-4-2-13(3-5-14)10-23-9-1-8-20-23/h1-9,15-18H,10-12H2,(H,21,24)/t15-,16-,17+,18+/m0/s1. The van der Waals surface area contributed by atoms with E-state index in [2.05, 4.69) is 22.6 Å². The monoisotopic (exact) mass is 336 g/mol. The molecule has 0 radical (unpaired) electrons. The Morgan fingerprint density at radius 3 is 2.52 bits per heavy atom. The minimum absolute atomic E-state index is 0.0198. The van der Waals surface area contributed by atoms with Crippen molar-refractivity contribution >= 4 is 11.7 Å². The number of likely N-dealkylation sites (tertiary alicyclic amines) is 1. The number of carbonyl (C=O) groups is 1. The first kappa shape index (κ1) is 14.7. The Kier molecular flexibility index (Phi) is 3.38. The van der Waals surface area contributed by atoms with Crippen LogP contribution in [0.3, 0.4) is 0 Å². The summed E-state index contributed by atoms with van der Waals surface area (Å²) in [5.74, 6) is 0.911. The lowest BCUT2D eigenvalue weighted by Crippen LogP contribution is -2.35. The van der Waals surface area contributed by atoms with Crippen LogP contribution in [0.2, 0.25) is 0 Å². The molecule has 2 amide bonds. The molecule has 6 nitrogen and oxygen atoms in total. The van der Waals surface area contributed by atoms with Gasteiger partial charge in [-0.1, -0.05) is 24.3 Å². The van der Waals surface area contributed by atoms with Crippen molar-refractivity contribution in [3.05, 3.63) is 60.4 Å². The fourth-order valence-corrected chi connectivity index (χ4v) is 4.17. The molecule has 0 unspecified atom stereocenters. The zero-order valence-electron chi connectivity index (χ0n) is 13.8. The molecule has 3 aliphatic rings. The van der Waals surface area contributed by atoms with E-state index in [9.17, 15) is 4.79 Å². The first-order valence-corrected chi connectivity index (χ1v) is 8.72. The predicted molar refractivity (Wildman–Crippen MR) is 93.1 cm³/mol. The molecule has 0 spiro atoms. The van der Waals surface area contributed by atoms with Crippen molar-refractivity contribution in [2.75, 3.05) is 18.4 Å². The third-order valence-corrected chi connectivity index (χ3v) is 5.46. The van der Waals surface area contributed by atoms with E-state index in [0.717, 1.165) is 30.9 Å². The molecule has 0 saturated carbocycles. The number of benzene rings is 1. The van der Waals surface area contributed by atoms with Gasteiger partial charge >= 0.3 is 6.03 Å². The molecule has 1 aromatic heterocycles.